The molecule has 7 nitrogen and oxygen atoms in total. The van der Waals surface area contributed by atoms with Crippen molar-refractivity contribution in [3.05, 3.63) is 65.7 Å². The van der Waals surface area contributed by atoms with Gasteiger partial charge in [-0.3, -0.25) is 9.69 Å². The molecule has 2 aromatic rings. The van der Waals surface area contributed by atoms with E-state index in [0.717, 1.165) is 18.7 Å². The maximum atomic E-state index is 12.8. The van der Waals surface area contributed by atoms with Crippen LogP contribution in [0.3, 0.4) is 0 Å². The highest BCUT2D eigenvalue weighted by molar-refractivity contribution is 7.89. The molecule has 0 aromatic heterocycles. The standard InChI is InChI=1S/C21H27N3O4S/c1-2-22-29(26,27)19-10-8-18(9-11-19)21(25)23-20(17-6-4-3-5-7-17)16-24-12-14-28-15-13-24/h3-11,20,22H,2,12-16H2,1H3,(H,23,25)/t20-/m1/s1. The Hall–Kier alpha value is -2.26. The third kappa shape index (κ3) is 5.86. The molecular weight excluding hydrogens is 390 g/mol. The van der Waals surface area contributed by atoms with Gasteiger partial charge < -0.3 is 10.1 Å². The fraction of sp³-hybridized carbons (Fsp3) is 0.381. The summed E-state index contributed by atoms with van der Waals surface area (Å²) in [5, 5.41) is 3.09. The van der Waals surface area contributed by atoms with Gasteiger partial charge in [0.05, 0.1) is 24.2 Å². The van der Waals surface area contributed by atoms with Crippen LogP contribution in [-0.4, -0.2) is 58.6 Å². The molecule has 0 saturated carbocycles. The molecular formula is C21H27N3O4S. The summed E-state index contributed by atoms with van der Waals surface area (Å²) >= 11 is 0. The highest BCUT2D eigenvalue weighted by Gasteiger charge is 2.21. The summed E-state index contributed by atoms with van der Waals surface area (Å²) in [6, 6.07) is 15.6. The lowest BCUT2D eigenvalue weighted by molar-refractivity contribution is 0.0332. The molecule has 156 valence electrons. The summed E-state index contributed by atoms with van der Waals surface area (Å²) < 4.78 is 32.0. The molecule has 2 N–H and O–H groups in total. The molecule has 0 radical (unpaired) electrons. The number of morpholine rings is 1. The van der Waals surface area contributed by atoms with Crippen molar-refractivity contribution in [3.63, 3.8) is 0 Å². The predicted molar refractivity (Wildman–Crippen MR) is 111 cm³/mol. The molecule has 1 fully saturated rings. The van der Waals surface area contributed by atoms with Crippen molar-refractivity contribution in [3.8, 4) is 0 Å². The number of hydrogen-bond acceptors (Lipinski definition) is 5. The van der Waals surface area contributed by atoms with Crippen LogP contribution in [0.15, 0.2) is 59.5 Å². The van der Waals surface area contributed by atoms with Crippen molar-refractivity contribution >= 4 is 15.9 Å². The van der Waals surface area contributed by atoms with Crippen LogP contribution in [0, 0.1) is 0 Å². The second kappa shape index (κ2) is 9.98. The number of ether oxygens (including phenoxy) is 1. The van der Waals surface area contributed by atoms with Crippen LogP contribution in [0.1, 0.15) is 28.9 Å². The minimum absolute atomic E-state index is 0.142. The average molecular weight is 418 g/mol. The van der Waals surface area contributed by atoms with Crippen LogP contribution in [0.5, 0.6) is 0 Å². The average Bonchev–Trinajstić information content (AvgIpc) is 2.74. The van der Waals surface area contributed by atoms with Crippen LogP contribution >= 0.6 is 0 Å². The molecule has 2 aromatic carbocycles. The molecule has 1 saturated heterocycles. The molecule has 0 spiro atoms. The third-order valence-corrected chi connectivity index (χ3v) is 6.37. The van der Waals surface area contributed by atoms with Gasteiger partial charge in [-0.05, 0) is 29.8 Å². The molecule has 1 aliphatic heterocycles. The Morgan fingerprint density at radius 2 is 1.72 bits per heavy atom. The van der Waals surface area contributed by atoms with Crippen molar-refractivity contribution in [1.82, 2.24) is 14.9 Å². The molecule has 0 aliphatic carbocycles. The van der Waals surface area contributed by atoms with Crippen LogP contribution in [0.25, 0.3) is 0 Å². The van der Waals surface area contributed by atoms with E-state index in [1.54, 1.807) is 6.92 Å². The number of amides is 1. The number of benzene rings is 2. The third-order valence-electron chi connectivity index (χ3n) is 4.81. The molecule has 29 heavy (non-hydrogen) atoms. The van der Waals surface area contributed by atoms with E-state index in [2.05, 4.69) is 14.9 Å². The van der Waals surface area contributed by atoms with Crippen molar-refractivity contribution in [2.24, 2.45) is 0 Å². The van der Waals surface area contributed by atoms with Crippen LogP contribution in [0.4, 0.5) is 0 Å². The number of nitrogens with one attached hydrogen (secondary N) is 2. The second-order valence-corrected chi connectivity index (χ2v) is 8.64. The zero-order valence-electron chi connectivity index (χ0n) is 16.5. The van der Waals surface area contributed by atoms with Gasteiger partial charge in [-0.15, -0.1) is 0 Å². The summed E-state index contributed by atoms with van der Waals surface area (Å²) in [6.07, 6.45) is 0. The van der Waals surface area contributed by atoms with E-state index >= 15 is 0 Å². The number of carbonyl (C=O) groups excluding carboxylic acids is 1. The Kier molecular flexibility index (Phi) is 7.38. The Balaban J connectivity index is 1.73. The minimum atomic E-state index is -3.54. The van der Waals surface area contributed by atoms with Gasteiger partial charge in [-0.25, -0.2) is 13.1 Å². The van der Waals surface area contributed by atoms with Gasteiger partial charge in [0.25, 0.3) is 5.91 Å². The van der Waals surface area contributed by atoms with Gasteiger partial charge in [0.2, 0.25) is 10.0 Å². The maximum absolute atomic E-state index is 12.8. The number of hydrogen-bond donors (Lipinski definition) is 2. The Morgan fingerprint density at radius 1 is 1.07 bits per heavy atom. The van der Waals surface area contributed by atoms with E-state index in [9.17, 15) is 13.2 Å². The second-order valence-electron chi connectivity index (χ2n) is 6.88. The van der Waals surface area contributed by atoms with E-state index < -0.39 is 10.0 Å². The lowest BCUT2D eigenvalue weighted by Crippen LogP contribution is -2.43. The molecule has 8 heteroatoms. The Morgan fingerprint density at radius 3 is 2.34 bits per heavy atom. The van der Waals surface area contributed by atoms with Gasteiger partial charge in [0, 0.05) is 31.7 Å². The summed E-state index contributed by atoms with van der Waals surface area (Å²) in [7, 11) is -3.54. The Labute approximate surface area is 172 Å². The zero-order chi connectivity index (χ0) is 20.7. The summed E-state index contributed by atoms with van der Waals surface area (Å²) in [5.74, 6) is -0.237. The van der Waals surface area contributed by atoms with Gasteiger partial charge >= 0.3 is 0 Å². The molecule has 1 aliphatic rings. The molecule has 1 heterocycles. The fourth-order valence-electron chi connectivity index (χ4n) is 3.26. The summed E-state index contributed by atoms with van der Waals surface area (Å²) in [6.45, 7) is 5.76. The van der Waals surface area contributed by atoms with Crippen LogP contribution < -0.4 is 10.0 Å². The van der Waals surface area contributed by atoms with E-state index in [1.807, 2.05) is 30.3 Å². The van der Waals surface area contributed by atoms with Crippen molar-refractivity contribution < 1.29 is 17.9 Å². The van der Waals surface area contributed by atoms with Gasteiger partial charge in [-0.1, -0.05) is 37.3 Å². The van der Waals surface area contributed by atoms with Crippen LogP contribution in [-0.2, 0) is 14.8 Å². The van der Waals surface area contributed by atoms with E-state index in [1.165, 1.54) is 24.3 Å². The van der Waals surface area contributed by atoms with Gasteiger partial charge in [-0.2, -0.15) is 0 Å². The predicted octanol–water partition coefficient (Wildman–Crippen LogP) is 1.79. The first-order chi connectivity index (χ1) is 14.0. The topological polar surface area (TPSA) is 87.7 Å². The van der Waals surface area contributed by atoms with E-state index in [4.69, 9.17) is 4.74 Å². The number of sulfonamides is 1. The molecule has 1 amide bonds. The normalized spacial score (nSPS) is 16.3. The highest BCUT2D eigenvalue weighted by atomic mass is 32.2. The lowest BCUT2D eigenvalue weighted by Gasteiger charge is -2.31. The SMILES string of the molecule is CCNS(=O)(=O)c1ccc(C(=O)N[C@H](CN2CCOCC2)c2ccccc2)cc1. The van der Waals surface area contributed by atoms with Gasteiger partial charge in [0.1, 0.15) is 0 Å². The van der Waals surface area contributed by atoms with Crippen LogP contribution in [0.2, 0.25) is 0 Å². The number of rotatable bonds is 8. The van der Waals surface area contributed by atoms with Gasteiger partial charge in [0.15, 0.2) is 0 Å². The first-order valence-electron chi connectivity index (χ1n) is 9.75. The number of carbonyl (C=O) groups is 1. The quantitative estimate of drug-likeness (QED) is 0.684. The molecule has 0 bridgehead atoms. The smallest absolute Gasteiger partial charge is 0.251 e. The fourth-order valence-corrected chi connectivity index (χ4v) is 4.30. The van der Waals surface area contributed by atoms with Crippen molar-refractivity contribution in [1.29, 1.82) is 0 Å². The lowest BCUT2D eigenvalue weighted by atomic mass is 10.1. The molecule has 0 unspecified atom stereocenters. The molecule has 3 rings (SSSR count). The first-order valence-corrected chi connectivity index (χ1v) is 11.2. The summed E-state index contributed by atoms with van der Waals surface area (Å²) in [5.41, 5.74) is 1.45. The van der Waals surface area contributed by atoms with E-state index in [0.29, 0.717) is 31.9 Å². The van der Waals surface area contributed by atoms with Crippen molar-refractivity contribution in [2.75, 3.05) is 39.4 Å². The van der Waals surface area contributed by atoms with Crippen molar-refractivity contribution in [2.45, 2.75) is 17.9 Å². The minimum Gasteiger partial charge on any atom is -0.379 e. The monoisotopic (exact) mass is 417 g/mol. The zero-order valence-corrected chi connectivity index (χ0v) is 17.3. The summed E-state index contributed by atoms with van der Waals surface area (Å²) in [4.78, 5) is 15.3. The Bertz CT molecular complexity index is 895. The maximum Gasteiger partial charge on any atom is 0.251 e. The highest BCUT2D eigenvalue weighted by Crippen LogP contribution is 2.17. The largest absolute Gasteiger partial charge is 0.379 e. The number of nitrogens with zero attached hydrogens (tertiary/aromatic N) is 1. The molecule has 1 atom stereocenters. The van der Waals surface area contributed by atoms with E-state index in [-0.39, 0.29) is 16.8 Å². The first kappa shape index (κ1) is 21.4.